The minimum absolute atomic E-state index is 0.634. The van der Waals surface area contributed by atoms with E-state index in [1.807, 2.05) is 12.1 Å². The van der Waals surface area contributed by atoms with E-state index in [0.29, 0.717) is 5.92 Å². The molecule has 0 atom stereocenters. The summed E-state index contributed by atoms with van der Waals surface area (Å²) in [5.74, 6) is 2.11. The lowest BCUT2D eigenvalue weighted by Gasteiger charge is -2.31. The van der Waals surface area contributed by atoms with Gasteiger partial charge in [0.2, 0.25) is 0 Å². The van der Waals surface area contributed by atoms with Crippen LogP contribution in [0.25, 0.3) is 0 Å². The van der Waals surface area contributed by atoms with Gasteiger partial charge in [-0.2, -0.15) is 0 Å². The summed E-state index contributed by atoms with van der Waals surface area (Å²) in [5.41, 5.74) is 2.34. The Balaban J connectivity index is 2.11. The smallest absolute Gasteiger partial charge is 0.0642 e. The molecule has 0 amide bonds. The van der Waals surface area contributed by atoms with Crippen molar-refractivity contribution in [2.75, 3.05) is 36.0 Å². The van der Waals surface area contributed by atoms with Crippen LogP contribution in [0, 0.1) is 5.92 Å². The molecule has 2 rings (SSSR count). The van der Waals surface area contributed by atoms with Crippen LogP contribution in [0.4, 0.5) is 5.69 Å². The lowest BCUT2D eigenvalue weighted by molar-refractivity contribution is 0.552. The van der Waals surface area contributed by atoms with Gasteiger partial charge in [-0.3, -0.25) is 4.21 Å². The largest absolute Gasteiger partial charge is 0.368 e. The van der Waals surface area contributed by atoms with Crippen LogP contribution in [0.5, 0.6) is 0 Å². The molecule has 0 radical (unpaired) electrons. The van der Waals surface area contributed by atoms with Gasteiger partial charge in [-0.1, -0.05) is 37.6 Å². The van der Waals surface area contributed by atoms with E-state index in [-0.39, 0.29) is 0 Å². The third-order valence-corrected chi connectivity index (χ3v) is 5.01. The first-order valence-electron chi connectivity index (χ1n) is 7.16. The van der Waals surface area contributed by atoms with Crippen LogP contribution in [0.15, 0.2) is 18.2 Å². The van der Waals surface area contributed by atoms with Gasteiger partial charge in [0, 0.05) is 41.9 Å². The van der Waals surface area contributed by atoms with Gasteiger partial charge in [-0.05, 0) is 24.1 Å². The van der Waals surface area contributed by atoms with Gasteiger partial charge in [0.25, 0.3) is 0 Å². The normalized spacial score (nSPS) is 16.9. The van der Waals surface area contributed by atoms with Crippen molar-refractivity contribution in [3.63, 3.8) is 0 Å². The Bertz CT molecular complexity index is 469. The predicted octanol–water partition coefficient (Wildman–Crippen LogP) is 2.65. The predicted molar refractivity (Wildman–Crippen MR) is 88.1 cm³/mol. The third-order valence-electron chi connectivity index (χ3n) is 3.43. The first kappa shape index (κ1) is 15.8. The van der Waals surface area contributed by atoms with Gasteiger partial charge >= 0.3 is 0 Å². The molecule has 1 aliphatic rings. The number of benzene rings is 1. The van der Waals surface area contributed by atoms with Crippen molar-refractivity contribution >= 4 is 28.1 Å². The van der Waals surface area contributed by atoms with E-state index in [9.17, 15) is 4.21 Å². The van der Waals surface area contributed by atoms with Crippen LogP contribution in [0.2, 0.25) is 5.02 Å². The number of hydrogen-bond acceptors (Lipinski definition) is 3. The first-order valence-corrected chi connectivity index (χ1v) is 9.02. The fourth-order valence-corrected chi connectivity index (χ4v) is 3.78. The van der Waals surface area contributed by atoms with Crippen LogP contribution in [0.3, 0.4) is 0 Å². The molecular weight excluding hydrogens is 292 g/mol. The van der Waals surface area contributed by atoms with Crippen LogP contribution < -0.4 is 10.2 Å². The zero-order valence-corrected chi connectivity index (χ0v) is 13.8. The average Bonchev–Trinajstić information content (AvgIpc) is 2.40. The second kappa shape index (κ2) is 7.43. The summed E-state index contributed by atoms with van der Waals surface area (Å²) in [5, 5.41) is 4.26. The van der Waals surface area contributed by atoms with Crippen molar-refractivity contribution in [2.24, 2.45) is 5.92 Å². The van der Waals surface area contributed by atoms with Crippen molar-refractivity contribution in [1.82, 2.24) is 5.32 Å². The Hall–Kier alpha value is -0.580. The number of halogens is 1. The van der Waals surface area contributed by atoms with Gasteiger partial charge < -0.3 is 10.2 Å². The van der Waals surface area contributed by atoms with Crippen LogP contribution in [-0.4, -0.2) is 35.3 Å². The van der Waals surface area contributed by atoms with Gasteiger partial charge in [0.05, 0.1) is 10.7 Å². The summed E-state index contributed by atoms with van der Waals surface area (Å²) >= 11 is 6.40. The molecule has 1 heterocycles. The van der Waals surface area contributed by atoms with E-state index in [4.69, 9.17) is 11.6 Å². The van der Waals surface area contributed by atoms with Gasteiger partial charge in [0.1, 0.15) is 0 Å². The summed E-state index contributed by atoms with van der Waals surface area (Å²) < 4.78 is 11.5. The molecule has 5 heteroatoms. The number of nitrogens with zero attached hydrogens (tertiary/aromatic N) is 1. The maximum Gasteiger partial charge on any atom is 0.0642 e. The fourth-order valence-electron chi connectivity index (χ4n) is 2.41. The van der Waals surface area contributed by atoms with Crippen LogP contribution >= 0.6 is 11.6 Å². The molecule has 1 aromatic carbocycles. The fraction of sp³-hybridized carbons (Fsp3) is 0.600. The van der Waals surface area contributed by atoms with E-state index < -0.39 is 10.8 Å². The maximum absolute atomic E-state index is 11.5. The highest BCUT2D eigenvalue weighted by atomic mass is 35.5. The lowest BCUT2D eigenvalue weighted by Crippen LogP contribution is -2.38. The third kappa shape index (κ3) is 4.21. The quantitative estimate of drug-likeness (QED) is 0.907. The highest BCUT2D eigenvalue weighted by Crippen LogP contribution is 2.30. The van der Waals surface area contributed by atoms with Crippen molar-refractivity contribution in [1.29, 1.82) is 0 Å². The van der Waals surface area contributed by atoms with E-state index >= 15 is 0 Å². The Labute approximate surface area is 129 Å². The van der Waals surface area contributed by atoms with Gasteiger partial charge in [0.15, 0.2) is 0 Å². The molecule has 1 N–H and O–H groups in total. The Morgan fingerprint density at radius 3 is 2.70 bits per heavy atom. The lowest BCUT2D eigenvalue weighted by atomic mass is 10.1. The molecule has 112 valence electrons. The topological polar surface area (TPSA) is 32.3 Å². The van der Waals surface area contributed by atoms with E-state index in [2.05, 4.69) is 30.1 Å². The van der Waals surface area contributed by atoms with Crippen LogP contribution in [-0.2, 0) is 17.3 Å². The SMILES string of the molecule is CC(C)CNCc1cccc(Cl)c1N1CCS(=O)CC1. The minimum Gasteiger partial charge on any atom is -0.368 e. The molecule has 0 aromatic heterocycles. The highest BCUT2D eigenvalue weighted by Gasteiger charge is 2.20. The molecule has 0 unspecified atom stereocenters. The van der Waals surface area contributed by atoms with Crippen molar-refractivity contribution < 1.29 is 4.21 Å². The van der Waals surface area contributed by atoms with Gasteiger partial charge in [-0.25, -0.2) is 0 Å². The first-order chi connectivity index (χ1) is 9.58. The Kier molecular flexibility index (Phi) is 5.87. The molecule has 1 fully saturated rings. The monoisotopic (exact) mass is 314 g/mol. The number of rotatable bonds is 5. The maximum atomic E-state index is 11.5. The molecule has 1 aliphatic heterocycles. The van der Waals surface area contributed by atoms with Crippen molar-refractivity contribution in [2.45, 2.75) is 20.4 Å². The molecule has 0 spiro atoms. The van der Waals surface area contributed by atoms with E-state index in [1.165, 1.54) is 5.56 Å². The number of nitrogens with one attached hydrogen (secondary N) is 1. The van der Waals surface area contributed by atoms with Gasteiger partial charge in [-0.15, -0.1) is 0 Å². The second-order valence-corrected chi connectivity index (χ2v) is 7.71. The summed E-state index contributed by atoms with van der Waals surface area (Å²) in [4.78, 5) is 2.27. The summed E-state index contributed by atoms with van der Waals surface area (Å²) in [7, 11) is -0.660. The molecule has 0 saturated carbocycles. The molecule has 0 bridgehead atoms. The zero-order valence-electron chi connectivity index (χ0n) is 12.2. The average molecular weight is 315 g/mol. The van der Waals surface area contributed by atoms with Crippen LogP contribution in [0.1, 0.15) is 19.4 Å². The molecular formula is C15H23ClN2OS. The standard InChI is InChI=1S/C15H23ClN2OS/c1-12(2)10-17-11-13-4-3-5-14(16)15(13)18-6-8-20(19)9-7-18/h3-5,12,17H,6-11H2,1-2H3. The van der Waals surface area contributed by atoms with E-state index in [0.717, 1.165) is 48.4 Å². The number of hydrogen-bond donors (Lipinski definition) is 1. The molecule has 20 heavy (non-hydrogen) atoms. The van der Waals surface area contributed by atoms with Crippen molar-refractivity contribution in [3.05, 3.63) is 28.8 Å². The molecule has 0 aliphatic carbocycles. The number of anilines is 1. The van der Waals surface area contributed by atoms with Crippen molar-refractivity contribution in [3.8, 4) is 0 Å². The van der Waals surface area contributed by atoms with E-state index in [1.54, 1.807) is 0 Å². The summed E-state index contributed by atoms with van der Waals surface area (Å²) in [6.45, 7) is 7.88. The Morgan fingerprint density at radius 1 is 1.35 bits per heavy atom. The summed E-state index contributed by atoms with van der Waals surface area (Å²) in [6, 6.07) is 6.06. The highest BCUT2D eigenvalue weighted by molar-refractivity contribution is 7.85. The molecule has 1 aromatic rings. The summed E-state index contributed by atoms with van der Waals surface area (Å²) in [6.07, 6.45) is 0. The molecule has 1 saturated heterocycles. The zero-order chi connectivity index (χ0) is 14.5. The number of para-hydroxylation sites is 1. The Morgan fingerprint density at radius 2 is 2.05 bits per heavy atom. The minimum atomic E-state index is -0.660. The second-order valence-electron chi connectivity index (χ2n) is 5.61. The molecule has 3 nitrogen and oxygen atoms in total.